The number of nitrogens with zero attached hydrogens (tertiary/aromatic N) is 4. The lowest BCUT2D eigenvalue weighted by Gasteiger charge is -2.32. The van der Waals surface area contributed by atoms with Gasteiger partial charge in [0.2, 0.25) is 12.4 Å². The summed E-state index contributed by atoms with van der Waals surface area (Å²) in [4.78, 5) is 55.6. The van der Waals surface area contributed by atoms with Crippen molar-refractivity contribution in [1.29, 1.82) is 5.26 Å². The van der Waals surface area contributed by atoms with Crippen LogP contribution in [0.4, 0.5) is 10.6 Å². The lowest BCUT2D eigenvalue weighted by molar-refractivity contribution is -0.179. The third-order valence-corrected chi connectivity index (χ3v) is 8.97. The van der Waals surface area contributed by atoms with Gasteiger partial charge in [-0.1, -0.05) is 0 Å². The van der Waals surface area contributed by atoms with Gasteiger partial charge in [-0.15, -0.1) is 0 Å². The Morgan fingerprint density at radius 3 is 2.17 bits per heavy atom. The average molecular weight is 769 g/mol. The summed E-state index contributed by atoms with van der Waals surface area (Å²) in [6, 6.07) is 3.76. The Hall–Kier alpha value is -4.34. The molecular formula is C33H49N6O13P. The highest BCUT2D eigenvalue weighted by atomic mass is 31.2. The van der Waals surface area contributed by atoms with E-state index in [-0.39, 0.29) is 17.0 Å². The molecule has 2 aromatic heterocycles. The van der Waals surface area contributed by atoms with Crippen LogP contribution in [0.5, 0.6) is 0 Å². The molecule has 3 heterocycles. The first-order chi connectivity index (χ1) is 24.4. The molecule has 19 nitrogen and oxygen atoms in total. The van der Waals surface area contributed by atoms with Gasteiger partial charge in [0.25, 0.3) is 0 Å². The number of nitrogens with one attached hydrogen (secondary N) is 1. The smallest absolute Gasteiger partial charge is 0.462 e. The molecule has 3 N–H and O–H groups in total. The molecule has 0 amide bonds. The lowest BCUT2D eigenvalue weighted by atomic mass is 9.90. The van der Waals surface area contributed by atoms with E-state index < -0.39 is 98.2 Å². The maximum atomic E-state index is 14.2. The second-order valence-corrected chi connectivity index (χ2v) is 16.6. The molecule has 2 aromatic rings. The van der Waals surface area contributed by atoms with E-state index in [0.717, 1.165) is 6.33 Å². The molecule has 53 heavy (non-hydrogen) atoms. The summed E-state index contributed by atoms with van der Waals surface area (Å²) in [6.07, 6.45) is -5.82. The fraction of sp³-hybridized carbons (Fsp3) is 0.667. The summed E-state index contributed by atoms with van der Waals surface area (Å²) in [6.45, 7) is 15.5. The van der Waals surface area contributed by atoms with Crippen molar-refractivity contribution in [1.82, 2.24) is 19.7 Å². The maximum Gasteiger partial charge on any atom is 0.510 e. The third-order valence-electron chi connectivity index (χ3n) is 7.33. The molecule has 6 atom stereocenters. The van der Waals surface area contributed by atoms with Crippen LogP contribution in [0.25, 0.3) is 5.52 Å². The molecular weight excluding hydrogens is 719 g/mol. The number of carbonyl (C=O) groups excluding carboxylic acids is 4. The Morgan fingerprint density at radius 1 is 1.00 bits per heavy atom. The molecule has 20 heteroatoms. The van der Waals surface area contributed by atoms with Crippen LogP contribution in [-0.4, -0.2) is 88.6 Å². The van der Waals surface area contributed by atoms with Crippen molar-refractivity contribution >= 4 is 43.1 Å². The van der Waals surface area contributed by atoms with Gasteiger partial charge >= 0.3 is 31.8 Å². The van der Waals surface area contributed by atoms with Crippen molar-refractivity contribution in [2.45, 2.75) is 118 Å². The molecule has 3 rings (SSSR count). The molecule has 0 radical (unpaired) electrons. The van der Waals surface area contributed by atoms with Gasteiger partial charge in [0.05, 0.1) is 35.3 Å². The Kier molecular flexibility index (Phi) is 13.6. The number of fused-ring (bicyclic) bond motifs is 1. The first-order valence-electron chi connectivity index (χ1n) is 16.7. The highest BCUT2D eigenvalue weighted by molar-refractivity contribution is 7.51. The van der Waals surface area contributed by atoms with Gasteiger partial charge in [0, 0.05) is 0 Å². The van der Waals surface area contributed by atoms with Crippen LogP contribution in [0.3, 0.4) is 0 Å². The van der Waals surface area contributed by atoms with Gasteiger partial charge in [-0.25, -0.2) is 23.9 Å². The van der Waals surface area contributed by atoms with Gasteiger partial charge in [-0.05, 0) is 88.3 Å². The average Bonchev–Trinajstić information content (AvgIpc) is 3.59. The fourth-order valence-electron chi connectivity index (χ4n) is 4.67. The molecule has 1 fully saturated rings. The minimum atomic E-state index is -4.68. The van der Waals surface area contributed by atoms with Crippen LogP contribution >= 0.6 is 7.75 Å². The number of rotatable bonds is 14. The van der Waals surface area contributed by atoms with E-state index in [1.807, 2.05) is 0 Å². The van der Waals surface area contributed by atoms with Crippen LogP contribution in [-0.2, 0) is 62.0 Å². The molecule has 0 aliphatic carbocycles. The number of hydrogen-bond donors (Lipinski definition) is 2. The molecule has 0 aromatic carbocycles. The number of nitrogen functional groups attached to an aromatic ring is 1. The predicted molar refractivity (Wildman–Crippen MR) is 184 cm³/mol. The van der Waals surface area contributed by atoms with Crippen LogP contribution < -0.4 is 10.8 Å². The van der Waals surface area contributed by atoms with E-state index >= 15 is 0 Å². The van der Waals surface area contributed by atoms with E-state index in [4.69, 9.17) is 43.2 Å². The van der Waals surface area contributed by atoms with Crippen molar-refractivity contribution < 1.29 is 61.2 Å². The van der Waals surface area contributed by atoms with Gasteiger partial charge in [0.1, 0.15) is 30.1 Å². The zero-order valence-electron chi connectivity index (χ0n) is 31.7. The lowest BCUT2D eigenvalue weighted by Crippen LogP contribution is -2.48. The summed E-state index contributed by atoms with van der Waals surface area (Å²) < 4.78 is 59.8. The van der Waals surface area contributed by atoms with Crippen LogP contribution in [0.1, 0.15) is 81.9 Å². The number of anilines is 1. The summed E-state index contributed by atoms with van der Waals surface area (Å²) in [7, 11) is -4.68. The van der Waals surface area contributed by atoms with Crippen LogP contribution in [0.15, 0.2) is 18.5 Å². The number of aromatic nitrogens is 3. The number of nitrogens with two attached hydrogens (primary N) is 1. The molecule has 1 aliphatic rings. The predicted octanol–water partition coefficient (Wildman–Crippen LogP) is 3.94. The van der Waals surface area contributed by atoms with E-state index in [9.17, 15) is 29.0 Å². The minimum Gasteiger partial charge on any atom is -0.462 e. The minimum absolute atomic E-state index is 0.0230. The molecule has 294 valence electrons. The molecule has 1 aliphatic heterocycles. The summed E-state index contributed by atoms with van der Waals surface area (Å²) in [5.74, 6) is -2.31. The van der Waals surface area contributed by atoms with Gasteiger partial charge in [-0.2, -0.15) is 10.4 Å². The fourth-order valence-corrected chi connectivity index (χ4v) is 6.01. The van der Waals surface area contributed by atoms with Gasteiger partial charge < -0.3 is 34.2 Å². The number of carbonyl (C=O) groups is 4. The zero-order chi connectivity index (χ0) is 40.1. The Balaban J connectivity index is 2.13. The van der Waals surface area contributed by atoms with Gasteiger partial charge in [0.15, 0.2) is 18.0 Å². The van der Waals surface area contributed by atoms with Crippen molar-refractivity contribution in [2.24, 2.45) is 10.8 Å². The Labute approximate surface area is 307 Å². The highest BCUT2D eigenvalue weighted by Gasteiger charge is 2.63. The highest BCUT2D eigenvalue weighted by Crippen LogP contribution is 2.49. The summed E-state index contributed by atoms with van der Waals surface area (Å²) >= 11 is 0. The quantitative estimate of drug-likeness (QED) is 0.119. The van der Waals surface area contributed by atoms with E-state index in [2.05, 4.69) is 21.2 Å². The summed E-state index contributed by atoms with van der Waals surface area (Å²) in [5, 5.41) is 17.6. The molecule has 0 spiro atoms. The SMILES string of the molecule is CC(C)OC(=O)OCO[P@](=O)(N[C@@H](C)C(=O)OC(C)C)OC[C@H]1O[C@@](C#N)(c2ccc3c(N)ncnn23)[C@H](OC(=O)C(C)(C)C)[C@@H]1OC(=O)C(C)(C)C. The maximum absolute atomic E-state index is 14.2. The number of nitriles is 1. The Morgan fingerprint density at radius 2 is 1.60 bits per heavy atom. The van der Waals surface area contributed by atoms with Crippen molar-refractivity contribution in [3.05, 3.63) is 24.2 Å². The molecule has 1 saturated heterocycles. The van der Waals surface area contributed by atoms with Crippen LogP contribution in [0.2, 0.25) is 0 Å². The monoisotopic (exact) mass is 768 g/mol. The zero-order valence-corrected chi connectivity index (χ0v) is 32.6. The molecule has 0 unspecified atom stereocenters. The third kappa shape index (κ3) is 10.6. The number of esters is 3. The van der Waals surface area contributed by atoms with Crippen molar-refractivity contribution in [3.8, 4) is 6.07 Å². The largest absolute Gasteiger partial charge is 0.510 e. The number of ether oxygens (including phenoxy) is 6. The first kappa shape index (κ1) is 43.1. The second-order valence-electron chi connectivity index (χ2n) is 14.8. The van der Waals surface area contributed by atoms with Crippen LogP contribution in [0, 0.1) is 22.2 Å². The first-order valence-corrected chi connectivity index (χ1v) is 18.3. The topological polar surface area (TPSA) is 251 Å². The van der Waals surface area contributed by atoms with Gasteiger partial charge in [-0.3, -0.25) is 23.4 Å². The summed E-state index contributed by atoms with van der Waals surface area (Å²) in [5.41, 5.74) is 1.92. The van der Waals surface area contributed by atoms with E-state index in [1.165, 1.54) is 23.6 Å². The molecule has 0 saturated carbocycles. The van der Waals surface area contributed by atoms with Crippen molar-refractivity contribution in [3.63, 3.8) is 0 Å². The molecule has 0 bridgehead atoms. The number of hydrogen-bond acceptors (Lipinski definition) is 17. The van der Waals surface area contributed by atoms with E-state index in [1.54, 1.807) is 69.2 Å². The second kappa shape index (κ2) is 16.8. The normalized spacial score (nSPS) is 22.2. The Bertz CT molecular complexity index is 1740. The van der Waals surface area contributed by atoms with E-state index in [0.29, 0.717) is 0 Å². The van der Waals surface area contributed by atoms with Crippen molar-refractivity contribution in [2.75, 3.05) is 19.1 Å². The standard InChI is InChI=1S/C33H49N6O13P/c1-18(2)48-27(40)20(5)38-53(44,47-17-45-30(43)49-19(3)4)46-14-22-24(50-28(41)31(6,7)8)25(51-29(42)32(9,10)11)33(15-34,52-22)23-13-12-21-26(35)36-16-37-39(21)23/h12-13,16,18-20,22,24-25H,14,17H2,1-11H3,(H,38,44)(H2,35,36,37)/t20-,22+,24+,25+,33-,53-/m0/s1.